The SMILES string of the molecule is CC(=O)OC[C@H]1O[C@@H](c2cc(Cc3ccc(Br)s3)c(F)c3ccccc23)[C@H](OC(C)=O)[C@@H](OC(C)=O)[C@@H]1OC(C)=O. The summed E-state index contributed by atoms with van der Waals surface area (Å²) in [6, 6.07) is 12.2. The van der Waals surface area contributed by atoms with Crippen molar-refractivity contribution in [1.29, 1.82) is 0 Å². The maximum absolute atomic E-state index is 15.8. The summed E-state index contributed by atoms with van der Waals surface area (Å²) in [4.78, 5) is 49.2. The van der Waals surface area contributed by atoms with Gasteiger partial charge in [0.15, 0.2) is 18.3 Å². The number of hydrogen-bond acceptors (Lipinski definition) is 10. The van der Waals surface area contributed by atoms with Crippen LogP contribution >= 0.6 is 27.3 Å². The molecule has 41 heavy (non-hydrogen) atoms. The van der Waals surface area contributed by atoms with Crippen LogP contribution in [0.15, 0.2) is 46.3 Å². The summed E-state index contributed by atoms with van der Waals surface area (Å²) in [5, 5.41) is 0.783. The number of esters is 4. The number of carbonyl (C=O) groups excluding carboxylic acids is 4. The van der Waals surface area contributed by atoms with Gasteiger partial charge in [0.05, 0.1) is 3.79 Å². The maximum Gasteiger partial charge on any atom is 0.303 e. The van der Waals surface area contributed by atoms with Gasteiger partial charge in [0.2, 0.25) is 0 Å². The Labute approximate surface area is 248 Å². The third-order valence-electron chi connectivity index (χ3n) is 6.38. The van der Waals surface area contributed by atoms with Crippen LogP contribution in [-0.4, -0.2) is 54.9 Å². The zero-order valence-corrected chi connectivity index (χ0v) is 25.1. The van der Waals surface area contributed by atoms with E-state index in [1.807, 2.05) is 12.1 Å². The highest BCUT2D eigenvalue weighted by molar-refractivity contribution is 9.11. The number of hydrogen-bond donors (Lipinski definition) is 0. The molecule has 0 N–H and O–H groups in total. The molecule has 0 aliphatic carbocycles. The molecule has 0 radical (unpaired) electrons. The molecule has 0 bridgehead atoms. The van der Waals surface area contributed by atoms with E-state index in [9.17, 15) is 19.2 Å². The largest absolute Gasteiger partial charge is 0.463 e. The van der Waals surface area contributed by atoms with Crippen LogP contribution in [0.25, 0.3) is 10.8 Å². The van der Waals surface area contributed by atoms with E-state index >= 15 is 4.39 Å². The molecule has 2 aromatic carbocycles. The minimum atomic E-state index is -1.33. The highest BCUT2D eigenvalue weighted by Gasteiger charge is 2.53. The van der Waals surface area contributed by atoms with Crippen LogP contribution in [0.2, 0.25) is 0 Å². The molecule has 2 heterocycles. The lowest BCUT2D eigenvalue weighted by molar-refractivity contribution is -0.254. The lowest BCUT2D eigenvalue weighted by Crippen LogP contribution is -2.59. The molecule has 1 aromatic heterocycles. The van der Waals surface area contributed by atoms with E-state index in [4.69, 9.17) is 23.7 Å². The average molecular weight is 652 g/mol. The second-order valence-corrected chi connectivity index (χ2v) is 12.0. The zero-order chi connectivity index (χ0) is 29.8. The summed E-state index contributed by atoms with van der Waals surface area (Å²) in [5.41, 5.74) is 0.811. The van der Waals surface area contributed by atoms with Gasteiger partial charge in [0, 0.05) is 44.4 Å². The van der Waals surface area contributed by atoms with Gasteiger partial charge in [0.1, 0.15) is 24.6 Å². The number of rotatable bonds is 8. The van der Waals surface area contributed by atoms with Crippen LogP contribution in [-0.2, 0) is 49.3 Å². The molecule has 1 aliphatic heterocycles. The van der Waals surface area contributed by atoms with Crippen molar-refractivity contribution >= 4 is 61.9 Å². The molecule has 218 valence electrons. The Bertz CT molecular complexity index is 1470. The van der Waals surface area contributed by atoms with Gasteiger partial charge in [-0.05, 0) is 50.6 Å². The van der Waals surface area contributed by atoms with Crippen LogP contribution in [0.5, 0.6) is 0 Å². The van der Waals surface area contributed by atoms with E-state index in [0.29, 0.717) is 21.9 Å². The Balaban J connectivity index is 1.91. The Morgan fingerprint density at radius 2 is 1.46 bits per heavy atom. The van der Waals surface area contributed by atoms with Gasteiger partial charge in [-0.15, -0.1) is 11.3 Å². The molecule has 0 unspecified atom stereocenters. The fraction of sp³-hybridized carbons (Fsp3) is 0.379. The van der Waals surface area contributed by atoms with E-state index in [1.165, 1.54) is 25.2 Å². The smallest absolute Gasteiger partial charge is 0.303 e. The van der Waals surface area contributed by atoms with Gasteiger partial charge in [-0.25, -0.2) is 4.39 Å². The molecule has 1 saturated heterocycles. The predicted octanol–water partition coefficient (Wildman–Crippen LogP) is 5.19. The van der Waals surface area contributed by atoms with Crippen molar-refractivity contribution in [3.8, 4) is 0 Å². The molecule has 1 aliphatic rings. The van der Waals surface area contributed by atoms with Crippen LogP contribution in [0.4, 0.5) is 4.39 Å². The maximum atomic E-state index is 15.8. The number of thiophene rings is 1. The van der Waals surface area contributed by atoms with Gasteiger partial charge >= 0.3 is 23.9 Å². The first-order valence-electron chi connectivity index (χ1n) is 12.7. The number of carbonyl (C=O) groups is 4. The Morgan fingerprint density at radius 3 is 2.05 bits per heavy atom. The monoisotopic (exact) mass is 650 g/mol. The number of ether oxygens (including phenoxy) is 5. The summed E-state index contributed by atoms with van der Waals surface area (Å²) in [6.07, 6.45) is -5.90. The normalized spacial score (nSPS) is 22.1. The summed E-state index contributed by atoms with van der Waals surface area (Å²) in [6.45, 7) is 4.34. The molecule has 5 atom stereocenters. The Hall–Kier alpha value is -3.35. The van der Waals surface area contributed by atoms with Crippen LogP contribution in [0.1, 0.15) is 49.8 Å². The quantitative estimate of drug-likeness (QED) is 0.240. The molecule has 9 nitrogen and oxygen atoms in total. The molecule has 0 saturated carbocycles. The molecule has 3 aromatic rings. The van der Waals surface area contributed by atoms with Crippen molar-refractivity contribution in [1.82, 2.24) is 0 Å². The van der Waals surface area contributed by atoms with E-state index in [2.05, 4.69) is 15.9 Å². The first-order valence-corrected chi connectivity index (χ1v) is 14.3. The molecule has 1 fully saturated rings. The first kappa shape index (κ1) is 30.6. The predicted molar refractivity (Wildman–Crippen MR) is 150 cm³/mol. The van der Waals surface area contributed by atoms with Gasteiger partial charge in [-0.3, -0.25) is 19.2 Å². The standard InChI is InChI=1S/C29H28BrFO9S/c1-14(32)36-13-23-27(37-15(2)33)29(39-17(4)35)28(38-16(3)34)26(40-23)22-12-18(11-19-9-10-24(30)41-19)25(31)21-8-6-5-7-20(21)22/h5-10,12,23,26-29H,11,13H2,1-4H3/t23-,26+,27-,28+,29+/m1/s1. The minimum absolute atomic E-state index is 0.269. The highest BCUT2D eigenvalue weighted by atomic mass is 79.9. The third kappa shape index (κ3) is 7.30. The molecule has 0 spiro atoms. The van der Waals surface area contributed by atoms with Gasteiger partial charge in [-0.1, -0.05) is 24.3 Å². The lowest BCUT2D eigenvalue weighted by atomic mass is 9.86. The van der Waals surface area contributed by atoms with Crippen molar-refractivity contribution in [2.24, 2.45) is 0 Å². The van der Waals surface area contributed by atoms with Crippen molar-refractivity contribution in [3.63, 3.8) is 0 Å². The summed E-state index contributed by atoms with van der Waals surface area (Å²) >= 11 is 4.90. The molecular weight excluding hydrogens is 623 g/mol. The van der Waals surface area contributed by atoms with Crippen LogP contribution in [0, 0.1) is 5.82 Å². The zero-order valence-electron chi connectivity index (χ0n) is 22.7. The second-order valence-electron chi connectivity index (χ2n) is 9.49. The summed E-state index contributed by atoms with van der Waals surface area (Å²) in [7, 11) is 0. The molecule has 0 amide bonds. The molecule has 4 rings (SSSR count). The van der Waals surface area contributed by atoms with Gasteiger partial charge < -0.3 is 23.7 Å². The van der Waals surface area contributed by atoms with Crippen molar-refractivity contribution in [2.45, 2.75) is 64.6 Å². The second kappa shape index (κ2) is 13.1. The molecule has 12 heteroatoms. The van der Waals surface area contributed by atoms with E-state index in [0.717, 1.165) is 22.5 Å². The van der Waals surface area contributed by atoms with Crippen LogP contribution < -0.4 is 0 Å². The topological polar surface area (TPSA) is 114 Å². The third-order valence-corrected chi connectivity index (χ3v) is 8.00. The Kier molecular flexibility index (Phi) is 9.77. The average Bonchev–Trinajstić information content (AvgIpc) is 3.30. The van der Waals surface area contributed by atoms with Gasteiger partial charge in [-0.2, -0.15) is 0 Å². The van der Waals surface area contributed by atoms with Crippen LogP contribution in [0.3, 0.4) is 0 Å². The van der Waals surface area contributed by atoms with Gasteiger partial charge in [0.25, 0.3) is 0 Å². The summed E-state index contributed by atoms with van der Waals surface area (Å²) < 4.78 is 45.0. The van der Waals surface area contributed by atoms with Crippen molar-refractivity contribution in [3.05, 3.63) is 68.1 Å². The molecular formula is C29H28BrFO9S. The fourth-order valence-electron chi connectivity index (χ4n) is 4.91. The fourth-order valence-corrected chi connectivity index (χ4v) is 6.41. The number of fused-ring (bicyclic) bond motifs is 1. The lowest BCUT2D eigenvalue weighted by Gasteiger charge is -2.45. The highest BCUT2D eigenvalue weighted by Crippen LogP contribution is 2.42. The van der Waals surface area contributed by atoms with E-state index < -0.39 is 60.2 Å². The van der Waals surface area contributed by atoms with E-state index in [1.54, 1.807) is 30.3 Å². The van der Waals surface area contributed by atoms with Crippen molar-refractivity contribution in [2.75, 3.05) is 6.61 Å². The summed E-state index contributed by atoms with van der Waals surface area (Å²) in [5.74, 6) is -3.20. The number of benzene rings is 2. The van der Waals surface area contributed by atoms with Crippen molar-refractivity contribution < 1.29 is 47.3 Å². The number of halogens is 2. The first-order chi connectivity index (χ1) is 19.4. The minimum Gasteiger partial charge on any atom is -0.463 e. The Morgan fingerprint density at radius 1 is 0.854 bits per heavy atom. The van der Waals surface area contributed by atoms with E-state index in [-0.39, 0.29) is 13.0 Å².